The third-order valence-corrected chi connectivity index (χ3v) is 2.61. The standard InChI is InChI=1S/C14H22N4O2/c1-11(2)17-14(20)16-8-9-18(12(3)19)10-13-6-4-5-7-15-13/h4-7,11H,8-10H2,1-3H3,(H2,16,17,20). The summed E-state index contributed by atoms with van der Waals surface area (Å²) in [5.74, 6) is -0.0401. The Hall–Kier alpha value is -2.11. The maximum atomic E-state index is 11.6. The summed E-state index contributed by atoms with van der Waals surface area (Å²) in [6, 6.07) is 5.46. The van der Waals surface area contributed by atoms with Crippen molar-refractivity contribution >= 4 is 11.9 Å². The minimum atomic E-state index is -0.221. The fourth-order valence-corrected chi connectivity index (χ4v) is 1.65. The van der Waals surface area contributed by atoms with Crippen LogP contribution < -0.4 is 10.6 Å². The van der Waals surface area contributed by atoms with Crippen LogP contribution in [0.25, 0.3) is 0 Å². The molecule has 0 bridgehead atoms. The number of rotatable bonds is 6. The number of nitrogens with zero attached hydrogens (tertiary/aromatic N) is 2. The van der Waals surface area contributed by atoms with E-state index >= 15 is 0 Å². The van der Waals surface area contributed by atoms with Gasteiger partial charge in [0.1, 0.15) is 0 Å². The molecule has 0 aromatic carbocycles. The minimum Gasteiger partial charge on any atom is -0.336 e. The zero-order valence-electron chi connectivity index (χ0n) is 12.2. The SMILES string of the molecule is CC(=O)N(CCNC(=O)NC(C)C)Cc1ccccn1. The van der Waals surface area contributed by atoms with E-state index in [1.807, 2.05) is 32.0 Å². The largest absolute Gasteiger partial charge is 0.336 e. The molecule has 0 atom stereocenters. The van der Waals surface area contributed by atoms with Gasteiger partial charge in [-0.15, -0.1) is 0 Å². The first kappa shape index (κ1) is 15.9. The zero-order valence-corrected chi connectivity index (χ0v) is 12.2. The summed E-state index contributed by atoms with van der Waals surface area (Å²) < 4.78 is 0. The fraction of sp³-hybridized carbons (Fsp3) is 0.500. The predicted molar refractivity (Wildman–Crippen MR) is 77.0 cm³/mol. The lowest BCUT2D eigenvalue weighted by Crippen LogP contribution is -2.43. The molecule has 1 aromatic heterocycles. The van der Waals surface area contributed by atoms with Crippen LogP contribution in [0.1, 0.15) is 26.5 Å². The van der Waals surface area contributed by atoms with Gasteiger partial charge in [0.25, 0.3) is 0 Å². The summed E-state index contributed by atoms with van der Waals surface area (Å²) in [5, 5.41) is 5.45. The number of carbonyl (C=O) groups is 2. The Morgan fingerprint density at radius 3 is 2.65 bits per heavy atom. The van der Waals surface area contributed by atoms with Gasteiger partial charge in [0.05, 0.1) is 12.2 Å². The van der Waals surface area contributed by atoms with Crippen molar-refractivity contribution in [1.82, 2.24) is 20.5 Å². The third kappa shape index (κ3) is 6.17. The van der Waals surface area contributed by atoms with Gasteiger partial charge in [-0.05, 0) is 26.0 Å². The van der Waals surface area contributed by atoms with Gasteiger partial charge in [0, 0.05) is 32.3 Å². The Morgan fingerprint density at radius 2 is 2.10 bits per heavy atom. The molecule has 1 heterocycles. The van der Waals surface area contributed by atoms with E-state index in [0.29, 0.717) is 19.6 Å². The normalized spacial score (nSPS) is 10.2. The molecule has 3 amide bonds. The predicted octanol–water partition coefficient (Wildman–Crippen LogP) is 1.14. The number of aromatic nitrogens is 1. The second-order valence-corrected chi connectivity index (χ2v) is 4.82. The van der Waals surface area contributed by atoms with Crippen molar-refractivity contribution in [2.24, 2.45) is 0 Å². The lowest BCUT2D eigenvalue weighted by Gasteiger charge is -2.21. The van der Waals surface area contributed by atoms with Crippen molar-refractivity contribution in [3.8, 4) is 0 Å². The Balaban J connectivity index is 2.40. The van der Waals surface area contributed by atoms with Crippen molar-refractivity contribution in [3.63, 3.8) is 0 Å². The Labute approximate surface area is 119 Å². The molecular formula is C14H22N4O2. The minimum absolute atomic E-state index is 0.0401. The third-order valence-electron chi connectivity index (χ3n) is 2.61. The van der Waals surface area contributed by atoms with Gasteiger partial charge in [-0.2, -0.15) is 0 Å². The van der Waals surface area contributed by atoms with Crippen LogP contribution in [0.4, 0.5) is 4.79 Å². The van der Waals surface area contributed by atoms with Crippen LogP contribution in [0.15, 0.2) is 24.4 Å². The van der Waals surface area contributed by atoms with Crippen LogP contribution >= 0.6 is 0 Å². The van der Waals surface area contributed by atoms with Gasteiger partial charge in [-0.25, -0.2) is 4.79 Å². The van der Waals surface area contributed by atoms with Crippen LogP contribution in [-0.2, 0) is 11.3 Å². The Morgan fingerprint density at radius 1 is 1.35 bits per heavy atom. The van der Waals surface area contributed by atoms with E-state index in [2.05, 4.69) is 15.6 Å². The van der Waals surface area contributed by atoms with Gasteiger partial charge in [-0.1, -0.05) is 6.07 Å². The summed E-state index contributed by atoms with van der Waals surface area (Å²) in [5.41, 5.74) is 0.828. The van der Waals surface area contributed by atoms with Crippen LogP contribution in [0.3, 0.4) is 0 Å². The maximum absolute atomic E-state index is 11.6. The first-order chi connectivity index (χ1) is 9.49. The molecule has 0 radical (unpaired) electrons. The van der Waals surface area contributed by atoms with Crippen LogP contribution in [0.5, 0.6) is 0 Å². The molecule has 6 heteroatoms. The maximum Gasteiger partial charge on any atom is 0.315 e. The lowest BCUT2D eigenvalue weighted by molar-refractivity contribution is -0.129. The number of nitrogens with one attached hydrogen (secondary N) is 2. The second-order valence-electron chi connectivity index (χ2n) is 4.82. The summed E-state index contributed by atoms with van der Waals surface area (Å²) in [4.78, 5) is 28.8. The topological polar surface area (TPSA) is 74.3 Å². The van der Waals surface area contributed by atoms with Gasteiger partial charge in [0.2, 0.25) is 5.91 Å². The number of amides is 3. The van der Waals surface area contributed by atoms with E-state index in [1.54, 1.807) is 11.1 Å². The van der Waals surface area contributed by atoms with Crippen molar-refractivity contribution in [2.75, 3.05) is 13.1 Å². The molecule has 20 heavy (non-hydrogen) atoms. The van der Waals surface area contributed by atoms with Crippen molar-refractivity contribution < 1.29 is 9.59 Å². The number of pyridine rings is 1. The molecule has 2 N–H and O–H groups in total. The summed E-state index contributed by atoms with van der Waals surface area (Å²) in [6.45, 7) is 6.61. The van der Waals surface area contributed by atoms with Crippen LogP contribution in [0.2, 0.25) is 0 Å². The first-order valence-corrected chi connectivity index (χ1v) is 6.69. The molecule has 0 aliphatic heterocycles. The summed E-state index contributed by atoms with van der Waals surface area (Å²) in [6.07, 6.45) is 1.70. The highest BCUT2D eigenvalue weighted by Gasteiger charge is 2.10. The monoisotopic (exact) mass is 278 g/mol. The van der Waals surface area contributed by atoms with Gasteiger partial charge in [0.15, 0.2) is 0 Å². The fourth-order valence-electron chi connectivity index (χ4n) is 1.65. The van der Waals surface area contributed by atoms with Crippen LogP contribution in [-0.4, -0.2) is 41.0 Å². The van der Waals surface area contributed by atoms with Crippen molar-refractivity contribution in [2.45, 2.75) is 33.4 Å². The highest BCUT2D eigenvalue weighted by Crippen LogP contribution is 2.00. The average Bonchev–Trinajstić information content (AvgIpc) is 2.37. The lowest BCUT2D eigenvalue weighted by atomic mass is 10.3. The quantitative estimate of drug-likeness (QED) is 0.819. The summed E-state index contributed by atoms with van der Waals surface area (Å²) in [7, 11) is 0. The molecule has 0 saturated carbocycles. The van der Waals surface area contributed by atoms with E-state index in [0.717, 1.165) is 5.69 Å². The molecule has 0 aliphatic rings. The second kappa shape index (κ2) is 8.14. The molecule has 0 fully saturated rings. The zero-order chi connectivity index (χ0) is 15.0. The van der Waals surface area contributed by atoms with Crippen molar-refractivity contribution in [3.05, 3.63) is 30.1 Å². The number of hydrogen-bond acceptors (Lipinski definition) is 3. The Kier molecular flexibility index (Phi) is 6.49. The molecule has 110 valence electrons. The number of carbonyl (C=O) groups excluding carboxylic acids is 2. The first-order valence-electron chi connectivity index (χ1n) is 6.69. The smallest absolute Gasteiger partial charge is 0.315 e. The van der Waals surface area contributed by atoms with E-state index < -0.39 is 0 Å². The van der Waals surface area contributed by atoms with E-state index in [4.69, 9.17) is 0 Å². The van der Waals surface area contributed by atoms with Crippen LogP contribution in [0, 0.1) is 0 Å². The van der Waals surface area contributed by atoms with Gasteiger partial charge < -0.3 is 15.5 Å². The molecule has 0 saturated heterocycles. The molecule has 0 aliphatic carbocycles. The van der Waals surface area contributed by atoms with Gasteiger partial charge in [-0.3, -0.25) is 9.78 Å². The Bertz CT molecular complexity index is 434. The molecule has 1 rings (SSSR count). The average molecular weight is 278 g/mol. The highest BCUT2D eigenvalue weighted by atomic mass is 16.2. The molecule has 0 spiro atoms. The van der Waals surface area contributed by atoms with Crippen molar-refractivity contribution in [1.29, 1.82) is 0 Å². The van der Waals surface area contributed by atoms with E-state index in [9.17, 15) is 9.59 Å². The number of urea groups is 1. The molecule has 6 nitrogen and oxygen atoms in total. The number of hydrogen-bond donors (Lipinski definition) is 2. The molecule has 1 aromatic rings. The van der Waals surface area contributed by atoms with Gasteiger partial charge >= 0.3 is 6.03 Å². The van der Waals surface area contributed by atoms with E-state index in [-0.39, 0.29) is 18.0 Å². The van der Waals surface area contributed by atoms with E-state index in [1.165, 1.54) is 6.92 Å². The molecular weight excluding hydrogens is 256 g/mol. The summed E-state index contributed by atoms with van der Waals surface area (Å²) >= 11 is 0. The highest BCUT2D eigenvalue weighted by molar-refractivity contribution is 5.75. The molecule has 0 unspecified atom stereocenters.